The molecule has 2 aromatic carbocycles. The van der Waals surface area contributed by atoms with Gasteiger partial charge in [-0.1, -0.05) is 32.8 Å². The molecule has 0 spiro atoms. The number of anilines is 1. The quantitative estimate of drug-likeness (QED) is 0.404. The minimum atomic E-state index is -0.308. The molecule has 0 amide bonds. The van der Waals surface area contributed by atoms with Crippen molar-refractivity contribution in [1.82, 2.24) is 0 Å². The van der Waals surface area contributed by atoms with Crippen molar-refractivity contribution in [3.8, 4) is 11.5 Å². The standard InChI is InChI=1S/C24H27NO4/c1-3-5-12-27-19-9-6-8-18(14-19)25-15-21-22(28-16-25)11-10-20-17(7-4-2)13-23(26)29-24(20)21/h6,8-11,13-14H,3-5,7,12,15-16H2,1-2H3. The molecule has 0 atom stereocenters. The van der Waals surface area contributed by atoms with Crippen LogP contribution in [0.4, 0.5) is 5.69 Å². The molecule has 1 aliphatic heterocycles. The van der Waals surface area contributed by atoms with Gasteiger partial charge in [-0.05, 0) is 42.7 Å². The number of nitrogens with zero attached hydrogens (tertiary/aromatic N) is 1. The highest BCUT2D eigenvalue weighted by atomic mass is 16.5. The lowest BCUT2D eigenvalue weighted by Gasteiger charge is -2.31. The fraction of sp³-hybridized carbons (Fsp3) is 0.375. The largest absolute Gasteiger partial charge is 0.494 e. The van der Waals surface area contributed by atoms with Crippen LogP contribution in [0.1, 0.15) is 44.2 Å². The van der Waals surface area contributed by atoms with E-state index in [1.54, 1.807) is 6.07 Å². The van der Waals surface area contributed by atoms with E-state index >= 15 is 0 Å². The van der Waals surface area contributed by atoms with E-state index in [0.717, 1.165) is 66.0 Å². The fourth-order valence-corrected chi connectivity index (χ4v) is 3.74. The van der Waals surface area contributed by atoms with E-state index in [2.05, 4.69) is 18.7 Å². The predicted octanol–water partition coefficient (Wildman–Crippen LogP) is 5.28. The molecule has 29 heavy (non-hydrogen) atoms. The van der Waals surface area contributed by atoms with Crippen molar-refractivity contribution in [1.29, 1.82) is 0 Å². The van der Waals surface area contributed by atoms with E-state index in [0.29, 0.717) is 18.9 Å². The number of hydrogen-bond donors (Lipinski definition) is 0. The van der Waals surface area contributed by atoms with Gasteiger partial charge in [-0.3, -0.25) is 0 Å². The molecule has 0 bridgehead atoms. The number of rotatable bonds is 7. The molecule has 2 heterocycles. The summed E-state index contributed by atoms with van der Waals surface area (Å²) in [5.74, 6) is 1.64. The lowest BCUT2D eigenvalue weighted by molar-refractivity contribution is 0.288. The summed E-state index contributed by atoms with van der Waals surface area (Å²) >= 11 is 0. The third-order valence-corrected chi connectivity index (χ3v) is 5.25. The Morgan fingerprint density at radius 3 is 2.83 bits per heavy atom. The van der Waals surface area contributed by atoms with Crippen LogP contribution in [0.3, 0.4) is 0 Å². The highest BCUT2D eigenvalue weighted by Gasteiger charge is 2.23. The first-order valence-electron chi connectivity index (χ1n) is 10.4. The van der Waals surface area contributed by atoms with E-state index in [-0.39, 0.29) is 5.63 Å². The summed E-state index contributed by atoms with van der Waals surface area (Å²) in [4.78, 5) is 14.3. The monoisotopic (exact) mass is 393 g/mol. The van der Waals surface area contributed by atoms with Crippen molar-refractivity contribution in [2.24, 2.45) is 0 Å². The summed E-state index contributed by atoms with van der Waals surface area (Å²) < 4.78 is 17.5. The topological polar surface area (TPSA) is 51.9 Å². The third-order valence-electron chi connectivity index (χ3n) is 5.25. The molecule has 4 rings (SSSR count). The van der Waals surface area contributed by atoms with E-state index in [4.69, 9.17) is 13.9 Å². The van der Waals surface area contributed by atoms with Gasteiger partial charge >= 0.3 is 5.63 Å². The zero-order chi connectivity index (χ0) is 20.2. The molecule has 152 valence electrons. The number of fused-ring (bicyclic) bond motifs is 3. The van der Waals surface area contributed by atoms with Crippen LogP contribution in [0.15, 0.2) is 51.7 Å². The Morgan fingerprint density at radius 2 is 2.00 bits per heavy atom. The van der Waals surface area contributed by atoms with E-state index in [9.17, 15) is 4.79 Å². The van der Waals surface area contributed by atoms with Gasteiger partial charge in [0.2, 0.25) is 0 Å². The van der Waals surface area contributed by atoms with Gasteiger partial charge in [0.25, 0.3) is 0 Å². The average Bonchev–Trinajstić information content (AvgIpc) is 2.74. The Labute approximate surface area is 170 Å². The normalized spacial score (nSPS) is 13.2. The van der Waals surface area contributed by atoms with Gasteiger partial charge in [-0.2, -0.15) is 0 Å². The number of benzene rings is 2. The van der Waals surface area contributed by atoms with Crippen molar-refractivity contribution >= 4 is 16.7 Å². The summed E-state index contributed by atoms with van der Waals surface area (Å²) in [6, 6.07) is 13.6. The average molecular weight is 393 g/mol. The van der Waals surface area contributed by atoms with Crippen molar-refractivity contribution in [3.05, 3.63) is 64.0 Å². The Bertz CT molecular complexity index is 1060. The van der Waals surface area contributed by atoms with Crippen molar-refractivity contribution in [2.45, 2.75) is 46.1 Å². The van der Waals surface area contributed by atoms with Gasteiger partial charge in [0, 0.05) is 23.2 Å². The molecule has 5 nitrogen and oxygen atoms in total. The minimum absolute atomic E-state index is 0.308. The van der Waals surface area contributed by atoms with Crippen LogP contribution in [0.5, 0.6) is 11.5 Å². The molecule has 1 aliphatic rings. The van der Waals surface area contributed by atoms with Gasteiger partial charge in [-0.15, -0.1) is 0 Å². The Hall–Kier alpha value is -2.95. The van der Waals surface area contributed by atoms with Crippen molar-refractivity contribution < 1.29 is 13.9 Å². The summed E-state index contributed by atoms with van der Waals surface area (Å²) in [5, 5.41) is 0.993. The van der Waals surface area contributed by atoms with Gasteiger partial charge in [0.1, 0.15) is 17.1 Å². The number of aryl methyl sites for hydroxylation is 1. The maximum Gasteiger partial charge on any atom is 0.336 e. The first kappa shape index (κ1) is 19.4. The Kier molecular flexibility index (Phi) is 5.74. The highest BCUT2D eigenvalue weighted by molar-refractivity contribution is 5.85. The lowest BCUT2D eigenvalue weighted by atomic mass is 10.0. The molecule has 0 unspecified atom stereocenters. The van der Waals surface area contributed by atoms with Crippen LogP contribution in [0.2, 0.25) is 0 Å². The van der Waals surface area contributed by atoms with Crippen molar-refractivity contribution in [2.75, 3.05) is 18.2 Å². The summed E-state index contributed by atoms with van der Waals surface area (Å²) in [5.41, 5.74) is 3.30. The van der Waals surface area contributed by atoms with Gasteiger partial charge in [0.15, 0.2) is 6.73 Å². The van der Waals surface area contributed by atoms with Gasteiger partial charge in [0.05, 0.1) is 18.7 Å². The third kappa shape index (κ3) is 4.09. The van der Waals surface area contributed by atoms with Crippen LogP contribution in [0.25, 0.3) is 11.0 Å². The lowest BCUT2D eigenvalue weighted by Crippen LogP contribution is -2.32. The second-order valence-electron chi connectivity index (χ2n) is 7.43. The first-order valence-corrected chi connectivity index (χ1v) is 10.4. The highest BCUT2D eigenvalue weighted by Crippen LogP contribution is 2.35. The molecule has 0 radical (unpaired) electrons. The van der Waals surface area contributed by atoms with Gasteiger partial charge < -0.3 is 18.8 Å². The van der Waals surface area contributed by atoms with Crippen LogP contribution < -0.4 is 20.0 Å². The molecule has 5 heteroatoms. The zero-order valence-corrected chi connectivity index (χ0v) is 17.1. The second-order valence-corrected chi connectivity index (χ2v) is 7.43. The van der Waals surface area contributed by atoms with Crippen LogP contribution in [0, 0.1) is 0 Å². The zero-order valence-electron chi connectivity index (χ0n) is 17.1. The smallest absolute Gasteiger partial charge is 0.336 e. The van der Waals surface area contributed by atoms with Crippen LogP contribution in [-0.2, 0) is 13.0 Å². The summed E-state index contributed by atoms with van der Waals surface area (Å²) in [7, 11) is 0. The summed E-state index contributed by atoms with van der Waals surface area (Å²) in [6.45, 7) is 6.03. The maximum atomic E-state index is 12.1. The Morgan fingerprint density at radius 1 is 1.10 bits per heavy atom. The molecule has 0 saturated heterocycles. The number of ether oxygens (including phenoxy) is 2. The molecule has 1 aromatic heterocycles. The second kappa shape index (κ2) is 8.60. The summed E-state index contributed by atoms with van der Waals surface area (Å²) in [6.07, 6.45) is 3.97. The van der Waals surface area contributed by atoms with E-state index in [1.165, 1.54) is 0 Å². The molecule has 3 aromatic rings. The van der Waals surface area contributed by atoms with Gasteiger partial charge in [-0.25, -0.2) is 4.79 Å². The van der Waals surface area contributed by atoms with Crippen LogP contribution in [-0.4, -0.2) is 13.3 Å². The predicted molar refractivity (Wildman–Crippen MR) is 115 cm³/mol. The molecule has 0 saturated carbocycles. The molecule has 0 fully saturated rings. The number of hydrogen-bond acceptors (Lipinski definition) is 5. The Balaban J connectivity index is 1.66. The molecule has 0 N–H and O–H groups in total. The number of unbranched alkanes of at least 4 members (excludes halogenated alkanes) is 1. The first-order chi connectivity index (χ1) is 14.2. The minimum Gasteiger partial charge on any atom is -0.494 e. The van der Waals surface area contributed by atoms with Crippen molar-refractivity contribution in [3.63, 3.8) is 0 Å². The maximum absolute atomic E-state index is 12.1. The molecule has 0 aliphatic carbocycles. The van der Waals surface area contributed by atoms with E-state index < -0.39 is 0 Å². The fourth-order valence-electron chi connectivity index (χ4n) is 3.74. The van der Waals surface area contributed by atoms with Crippen LogP contribution >= 0.6 is 0 Å². The molecular weight excluding hydrogens is 366 g/mol. The molecular formula is C24H27NO4. The van der Waals surface area contributed by atoms with E-state index in [1.807, 2.05) is 36.4 Å². The SMILES string of the molecule is CCCCOc1cccc(N2COc3ccc4c(CCC)cc(=O)oc4c3C2)c1.